The molecule has 1 fully saturated rings. The van der Waals surface area contributed by atoms with Crippen molar-refractivity contribution >= 4 is 30.0 Å². The topological polar surface area (TPSA) is 72.4 Å². The van der Waals surface area contributed by atoms with Gasteiger partial charge >= 0.3 is 5.97 Å². The summed E-state index contributed by atoms with van der Waals surface area (Å²) in [4.78, 5) is 23.5. The number of ether oxygens (including phenoxy) is 1. The number of halogens is 3. The Morgan fingerprint density at radius 1 is 1.55 bits per heavy atom. The average Bonchev–Trinajstić information content (AvgIpc) is 2.92. The number of hydrogen-bond donors (Lipinski definition) is 2. The molecule has 1 unspecified atom stereocenters. The summed E-state index contributed by atoms with van der Waals surface area (Å²) in [5.41, 5.74) is 0.638. The zero-order valence-corrected chi connectivity index (χ0v) is 13.0. The van der Waals surface area contributed by atoms with Crippen molar-refractivity contribution < 1.29 is 23.1 Å². The quantitative estimate of drug-likeness (QED) is 0.818. The summed E-state index contributed by atoms with van der Waals surface area (Å²) in [5, 5.41) is 4.99. The van der Waals surface area contributed by atoms with E-state index in [9.17, 15) is 18.4 Å². The minimum Gasteiger partial charge on any atom is -0.461 e. The fraction of sp³-hybridized carbons (Fsp3) is 0.538. The van der Waals surface area contributed by atoms with E-state index in [0.29, 0.717) is 5.69 Å². The third kappa shape index (κ3) is 4.17. The van der Waals surface area contributed by atoms with E-state index in [-0.39, 0.29) is 24.7 Å². The number of aryl methyl sites for hydroxylation is 1. The summed E-state index contributed by atoms with van der Waals surface area (Å²) in [6.45, 7) is 1.43. The van der Waals surface area contributed by atoms with Crippen LogP contribution < -0.4 is 10.6 Å². The van der Waals surface area contributed by atoms with Crippen molar-refractivity contribution in [3.05, 3.63) is 18.0 Å². The van der Waals surface area contributed by atoms with Gasteiger partial charge in [0, 0.05) is 19.7 Å². The molecule has 9 heteroatoms. The molecule has 1 saturated heterocycles. The monoisotopic (exact) mass is 337 g/mol. The van der Waals surface area contributed by atoms with Gasteiger partial charge in [0.15, 0.2) is 0 Å². The fourth-order valence-corrected chi connectivity index (χ4v) is 2.17. The van der Waals surface area contributed by atoms with Crippen LogP contribution in [-0.2, 0) is 16.6 Å². The lowest BCUT2D eigenvalue weighted by molar-refractivity contribution is -0.118. The van der Waals surface area contributed by atoms with Crippen molar-refractivity contribution in [1.29, 1.82) is 0 Å². The zero-order chi connectivity index (χ0) is 15.6. The highest BCUT2D eigenvalue weighted by molar-refractivity contribution is 5.97. The van der Waals surface area contributed by atoms with Crippen molar-refractivity contribution in [2.75, 3.05) is 18.5 Å². The van der Waals surface area contributed by atoms with E-state index in [1.54, 1.807) is 14.0 Å². The number of esters is 1. The normalized spacial score (nSPS) is 19.4. The molecule has 1 aromatic heterocycles. The van der Waals surface area contributed by atoms with Crippen LogP contribution in [-0.4, -0.2) is 41.6 Å². The lowest BCUT2D eigenvalue weighted by Crippen LogP contribution is -2.35. The second kappa shape index (κ2) is 7.06. The van der Waals surface area contributed by atoms with E-state index < -0.39 is 36.8 Å². The van der Waals surface area contributed by atoms with Gasteiger partial charge in [0.25, 0.3) is 5.92 Å². The van der Waals surface area contributed by atoms with E-state index in [4.69, 9.17) is 4.74 Å². The molecule has 124 valence electrons. The summed E-state index contributed by atoms with van der Waals surface area (Å²) in [7, 11) is 1.63. The number of nitrogens with zero attached hydrogens (tertiary/aromatic N) is 1. The molecule has 1 amide bonds. The third-order valence-electron chi connectivity index (χ3n) is 3.18. The first kappa shape index (κ1) is 18.4. The van der Waals surface area contributed by atoms with Crippen LogP contribution >= 0.6 is 12.4 Å². The lowest BCUT2D eigenvalue weighted by Gasteiger charge is -2.09. The van der Waals surface area contributed by atoms with Gasteiger partial charge in [-0.2, -0.15) is 0 Å². The molecule has 0 saturated carbocycles. The van der Waals surface area contributed by atoms with Gasteiger partial charge in [-0.1, -0.05) is 0 Å². The summed E-state index contributed by atoms with van der Waals surface area (Å²) in [5.74, 6) is -3.92. The first-order valence-electron chi connectivity index (χ1n) is 6.58. The Hall–Kier alpha value is -1.67. The molecule has 0 aromatic carbocycles. The van der Waals surface area contributed by atoms with E-state index in [2.05, 4.69) is 10.6 Å². The van der Waals surface area contributed by atoms with Crippen molar-refractivity contribution in [1.82, 2.24) is 9.88 Å². The van der Waals surface area contributed by atoms with E-state index >= 15 is 0 Å². The van der Waals surface area contributed by atoms with Crippen LogP contribution in [0.3, 0.4) is 0 Å². The molecule has 0 spiro atoms. The SMILES string of the molecule is CCOC(=O)c1cc(NC(=O)C2CC(F)(F)CN2)cn1C.Cl. The Kier molecular flexibility index (Phi) is 5.90. The largest absolute Gasteiger partial charge is 0.461 e. The van der Waals surface area contributed by atoms with Gasteiger partial charge in [-0.05, 0) is 13.0 Å². The van der Waals surface area contributed by atoms with Crippen LogP contribution in [0.25, 0.3) is 0 Å². The number of nitrogens with one attached hydrogen (secondary N) is 2. The highest BCUT2D eigenvalue weighted by atomic mass is 35.5. The standard InChI is InChI=1S/C13H17F2N3O3.ClH/c1-3-21-12(20)10-4-8(6-18(10)2)17-11(19)9-5-13(14,15)7-16-9;/h4,6,9,16H,3,5,7H2,1-2H3,(H,17,19);1H. The number of carbonyl (C=O) groups excluding carboxylic acids is 2. The maximum atomic E-state index is 13.0. The number of anilines is 1. The van der Waals surface area contributed by atoms with Crippen LogP contribution in [0.5, 0.6) is 0 Å². The lowest BCUT2D eigenvalue weighted by atomic mass is 10.2. The van der Waals surface area contributed by atoms with Crippen LogP contribution in [0.1, 0.15) is 23.8 Å². The maximum Gasteiger partial charge on any atom is 0.355 e. The van der Waals surface area contributed by atoms with Crippen molar-refractivity contribution in [2.45, 2.75) is 25.3 Å². The number of hydrogen-bond acceptors (Lipinski definition) is 4. The number of carbonyl (C=O) groups is 2. The predicted octanol–water partition coefficient (Wildman–Crippen LogP) is 1.56. The number of rotatable bonds is 4. The van der Waals surface area contributed by atoms with Crippen LogP contribution in [0.15, 0.2) is 12.3 Å². The molecule has 2 rings (SSSR count). The molecule has 22 heavy (non-hydrogen) atoms. The molecule has 0 radical (unpaired) electrons. The second-order valence-corrected chi connectivity index (χ2v) is 4.93. The molecular formula is C13H18ClF2N3O3. The molecule has 1 aromatic rings. The zero-order valence-electron chi connectivity index (χ0n) is 12.2. The molecule has 1 aliphatic heterocycles. The van der Waals surface area contributed by atoms with Crippen molar-refractivity contribution in [2.24, 2.45) is 7.05 Å². The number of amides is 1. The maximum absolute atomic E-state index is 13.0. The number of aromatic nitrogens is 1. The van der Waals surface area contributed by atoms with Gasteiger partial charge in [0.2, 0.25) is 5.91 Å². The molecule has 0 aliphatic carbocycles. The highest BCUT2D eigenvalue weighted by Crippen LogP contribution is 2.26. The smallest absolute Gasteiger partial charge is 0.355 e. The van der Waals surface area contributed by atoms with E-state index in [1.807, 2.05) is 0 Å². The molecule has 1 atom stereocenters. The fourth-order valence-electron chi connectivity index (χ4n) is 2.17. The van der Waals surface area contributed by atoms with E-state index in [1.165, 1.54) is 16.8 Å². The summed E-state index contributed by atoms with van der Waals surface area (Å²) < 4.78 is 32.5. The van der Waals surface area contributed by atoms with Gasteiger partial charge in [-0.25, -0.2) is 13.6 Å². The summed E-state index contributed by atoms with van der Waals surface area (Å²) in [6.07, 6.45) is 0.994. The second-order valence-electron chi connectivity index (χ2n) is 4.93. The van der Waals surface area contributed by atoms with Crippen LogP contribution in [0, 0.1) is 0 Å². The van der Waals surface area contributed by atoms with Crippen LogP contribution in [0.4, 0.5) is 14.5 Å². The average molecular weight is 338 g/mol. The van der Waals surface area contributed by atoms with Gasteiger partial charge in [0.05, 0.1) is 24.9 Å². The third-order valence-corrected chi connectivity index (χ3v) is 3.18. The van der Waals surface area contributed by atoms with Gasteiger partial charge in [-0.3, -0.25) is 10.1 Å². The van der Waals surface area contributed by atoms with Gasteiger partial charge in [0.1, 0.15) is 5.69 Å². The molecular weight excluding hydrogens is 320 g/mol. The van der Waals surface area contributed by atoms with E-state index in [0.717, 1.165) is 0 Å². The van der Waals surface area contributed by atoms with Gasteiger partial charge in [-0.15, -0.1) is 12.4 Å². The minimum absolute atomic E-state index is 0. The Morgan fingerprint density at radius 2 is 2.23 bits per heavy atom. The van der Waals surface area contributed by atoms with Crippen molar-refractivity contribution in [3.8, 4) is 0 Å². The van der Waals surface area contributed by atoms with Gasteiger partial charge < -0.3 is 14.6 Å². The van der Waals surface area contributed by atoms with Crippen LogP contribution in [0.2, 0.25) is 0 Å². The summed E-state index contributed by atoms with van der Waals surface area (Å²) >= 11 is 0. The Labute approximate surface area is 132 Å². The Morgan fingerprint density at radius 3 is 2.77 bits per heavy atom. The predicted molar refractivity (Wildman–Crippen MR) is 78.6 cm³/mol. The molecule has 2 heterocycles. The first-order valence-corrected chi connectivity index (χ1v) is 6.58. The molecule has 1 aliphatic rings. The Bertz CT molecular complexity index is 563. The summed E-state index contributed by atoms with van der Waals surface area (Å²) in [6, 6.07) is 0.509. The molecule has 2 N–H and O–H groups in total. The Balaban J connectivity index is 0.00000242. The minimum atomic E-state index is -2.87. The number of alkyl halides is 2. The first-order chi connectivity index (χ1) is 9.82. The molecule has 0 bridgehead atoms. The van der Waals surface area contributed by atoms with Crippen molar-refractivity contribution in [3.63, 3.8) is 0 Å². The molecule has 6 nitrogen and oxygen atoms in total. The highest BCUT2D eigenvalue weighted by Gasteiger charge is 2.42.